The molecule has 0 amide bonds. The molecule has 52 valence electrons. The van der Waals surface area contributed by atoms with Crippen LogP contribution in [0.4, 0.5) is 5.95 Å². The van der Waals surface area contributed by atoms with Gasteiger partial charge in [-0.1, -0.05) is 0 Å². The van der Waals surface area contributed by atoms with Crippen LogP contribution in [-0.2, 0) is 0 Å². The monoisotopic (exact) mass is 138 g/mol. The minimum absolute atomic E-state index is 0.329. The number of anilines is 1. The molecule has 3 N–H and O–H groups in total. The van der Waals surface area contributed by atoms with Crippen molar-refractivity contribution in [2.24, 2.45) is 0 Å². The molecule has 2 rings (SSSR count). The van der Waals surface area contributed by atoms with E-state index in [-0.39, 0.29) is 0 Å². The third-order valence-corrected chi connectivity index (χ3v) is 1.21. The fraction of sp³-hybridized carbons (Fsp3) is 0.250. The van der Waals surface area contributed by atoms with Gasteiger partial charge in [-0.3, -0.25) is 5.10 Å². The number of H-pyrrole nitrogens is 1. The third-order valence-electron chi connectivity index (χ3n) is 1.21. The van der Waals surface area contributed by atoms with Crippen molar-refractivity contribution in [1.82, 2.24) is 24.8 Å². The Morgan fingerprint density at radius 2 is 2.30 bits per heavy atom. The van der Waals surface area contributed by atoms with E-state index in [1.54, 1.807) is 0 Å². The average molecular weight is 138 g/mol. The molecule has 0 aliphatic carbocycles. The molecule has 0 aliphatic rings. The zero-order valence-corrected chi connectivity index (χ0v) is 5.37. The fourth-order valence-electron chi connectivity index (χ4n) is 0.804. The number of nitrogens with two attached hydrogens (primary N) is 1. The van der Waals surface area contributed by atoms with Gasteiger partial charge < -0.3 is 5.73 Å². The van der Waals surface area contributed by atoms with E-state index in [1.165, 1.54) is 4.52 Å². The van der Waals surface area contributed by atoms with Gasteiger partial charge in [0.25, 0.3) is 5.78 Å². The molecule has 0 spiro atoms. The van der Waals surface area contributed by atoms with Crippen LogP contribution in [0.1, 0.15) is 5.82 Å². The van der Waals surface area contributed by atoms with Gasteiger partial charge in [0.2, 0.25) is 5.95 Å². The number of nitrogens with zero attached hydrogens (tertiary/aromatic N) is 4. The molecule has 0 aromatic carbocycles. The molecule has 2 aromatic rings. The first-order valence-corrected chi connectivity index (χ1v) is 2.80. The maximum Gasteiger partial charge on any atom is 0.273 e. The highest BCUT2D eigenvalue weighted by Crippen LogP contribution is 1.99. The van der Waals surface area contributed by atoms with Crippen molar-refractivity contribution in [3.05, 3.63) is 5.82 Å². The molecule has 0 saturated heterocycles. The van der Waals surface area contributed by atoms with Gasteiger partial charge in [0.05, 0.1) is 0 Å². The Hall–Kier alpha value is -1.59. The summed E-state index contributed by atoms with van der Waals surface area (Å²) >= 11 is 0. The molecule has 6 nitrogen and oxygen atoms in total. The molecule has 0 bridgehead atoms. The third kappa shape index (κ3) is 0.498. The Morgan fingerprint density at radius 1 is 1.50 bits per heavy atom. The second-order valence-electron chi connectivity index (χ2n) is 2.00. The molecule has 0 saturated carbocycles. The van der Waals surface area contributed by atoms with Gasteiger partial charge in [-0.15, -0.1) is 10.2 Å². The quantitative estimate of drug-likeness (QED) is 0.506. The van der Waals surface area contributed by atoms with Gasteiger partial charge in [-0.05, 0) is 6.92 Å². The van der Waals surface area contributed by atoms with E-state index in [0.29, 0.717) is 11.7 Å². The van der Waals surface area contributed by atoms with E-state index < -0.39 is 0 Å². The minimum Gasteiger partial charge on any atom is -0.366 e. The van der Waals surface area contributed by atoms with Crippen molar-refractivity contribution in [2.75, 3.05) is 5.73 Å². The lowest BCUT2D eigenvalue weighted by Crippen LogP contribution is -1.94. The number of aromatic nitrogens is 5. The molecule has 2 aromatic heterocycles. The van der Waals surface area contributed by atoms with E-state index >= 15 is 0 Å². The Balaban J connectivity index is 2.90. The van der Waals surface area contributed by atoms with Crippen LogP contribution in [0, 0.1) is 6.92 Å². The van der Waals surface area contributed by atoms with Crippen LogP contribution in [-0.4, -0.2) is 24.8 Å². The molecule has 2 heterocycles. The number of fused-ring (bicyclic) bond motifs is 1. The van der Waals surface area contributed by atoms with Crippen LogP contribution >= 0.6 is 0 Å². The first-order valence-electron chi connectivity index (χ1n) is 2.80. The molecule has 0 atom stereocenters. The molecule has 0 radical (unpaired) electrons. The summed E-state index contributed by atoms with van der Waals surface area (Å²) in [7, 11) is 0. The summed E-state index contributed by atoms with van der Waals surface area (Å²) in [5.41, 5.74) is 5.41. The van der Waals surface area contributed by atoms with Crippen molar-refractivity contribution >= 4 is 11.7 Å². The molecule has 0 fully saturated rings. The summed E-state index contributed by atoms with van der Waals surface area (Å²) in [6.07, 6.45) is 0. The molecular formula is C4H6N6. The van der Waals surface area contributed by atoms with Crippen molar-refractivity contribution in [3.8, 4) is 0 Å². The second-order valence-corrected chi connectivity index (χ2v) is 2.00. The normalized spacial score (nSPS) is 10.9. The lowest BCUT2D eigenvalue weighted by molar-refractivity contribution is 0.935. The molecule has 10 heavy (non-hydrogen) atoms. The largest absolute Gasteiger partial charge is 0.366 e. The van der Waals surface area contributed by atoms with Gasteiger partial charge in [-0.25, -0.2) is 0 Å². The number of nitrogen functional groups attached to an aromatic ring is 1. The summed E-state index contributed by atoms with van der Waals surface area (Å²) in [5, 5.41) is 10.1. The highest BCUT2D eigenvalue weighted by Gasteiger charge is 2.03. The van der Waals surface area contributed by atoms with E-state index in [9.17, 15) is 0 Å². The van der Waals surface area contributed by atoms with Crippen LogP contribution in [0.25, 0.3) is 5.78 Å². The maximum absolute atomic E-state index is 5.41. The van der Waals surface area contributed by atoms with Crippen LogP contribution in [0.2, 0.25) is 0 Å². The summed E-state index contributed by atoms with van der Waals surface area (Å²) in [6.45, 7) is 1.83. The number of aryl methyl sites for hydroxylation is 1. The smallest absolute Gasteiger partial charge is 0.273 e. The highest BCUT2D eigenvalue weighted by atomic mass is 15.4. The van der Waals surface area contributed by atoms with E-state index in [4.69, 9.17) is 5.73 Å². The number of nitrogens with one attached hydrogen (secondary N) is 1. The van der Waals surface area contributed by atoms with Crippen LogP contribution in [0.3, 0.4) is 0 Å². The Labute approximate surface area is 56.1 Å². The van der Waals surface area contributed by atoms with E-state index in [0.717, 1.165) is 5.82 Å². The number of rotatable bonds is 0. The highest BCUT2D eigenvalue weighted by molar-refractivity contribution is 5.33. The van der Waals surface area contributed by atoms with Crippen molar-refractivity contribution in [1.29, 1.82) is 0 Å². The van der Waals surface area contributed by atoms with Crippen LogP contribution < -0.4 is 5.73 Å². The SMILES string of the molecule is Cc1nc2nnc(N)n2[nH]1. The van der Waals surface area contributed by atoms with E-state index in [2.05, 4.69) is 20.3 Å². The molecule has 0 unspecified atom stereocenters. The van der Waals surface area contributed by atoms with Crippen molar-refractivity contribution in [2.45, 2.75) is 6.92 Å². The zero-order chi connectivity index (χ0) is 7.14. The summed E-state index contributed by atoms with van der Waals surface area (Å²) in [5.74, 6) is 1.61. The number of aromatic amines is 1. The standard InChI is InChI=1S/C4H6N6/c1-2-6-4-8-7-3(5)10(4)9-2/h1H3,(H2,5,7)(H,6,8,9). The number of hydrogen-bond donors (Lipinski definition) is 2. The Bertz CT molecular complexity index is 357. The van der Waals surface area contributed by atoms with Gasteiger partial charge in [-0.2, -0.15) is 9.50 Å². The summed E-state index contributed by atoms with van der Waals surface area (Å²) in [6, 6.07) is 0. The predicted molar refractivity (Wildman–Crippen MR) is 34.3 cm³/mol. The predicted octanol–water partition coefficient (Wildman–Crippen LogP) is -0.657. The first kappa shape index (κ1) is 5.21. The maximum atomic E-state index is 5.41. The molecule has 6 heteroatoms. The number of hydrogen-bond acceptors (Lipinski definition) is 4. The fourth-order valence-corrected chi connectivity index (χ4v) is 0.804. The Morgan fingerprint density at radius 3 is 3.00 bits per heavy atom. The first-order chi connectivity index (χ1) is 4.77. The van der Waals surface area contributed by atoms with Crippen LogP contribution in [0.15, 0.2) is 0 Å². The average Bonchev–Trinajstić information content (AvgIpc) is 2.35. The van der Waals surface area contributed by atoms with E-state index in [1.807, 2.05) is 6.92 Å². The minimum atomic E-state index is 0.329. The lowest BCUT2D eigenvalue weighted by atomic mass is 10.8. The molecular weight excluding hydrogens is 132 g/mol. The van der Waals surface area contributed by atoms with Crippen LogP contribution in [0.5, 0.6) is 0 Å². The van der Waals surface area contributed by atoms with Gasteiger partial charge in [0, 0.05) is 0 Å². The van der Waals surface area contributed by atoms with Gasteiger partial charge in [0.1, 0.15) is 5.82 Å². The summed E-state index contributed by atoms with van der Waals surface area (Å²) in [4.78, 5) is 3.99. The lowest BCUT2D eigenvalue weighted by Gasteiger charge is -1.82. The Kier molecular flexibility index (Phi) is 0.765. The van der Waals surface area contributed by atoms with Gasteiger partial charge in [0.15, 0.2) is 0 Å². The second kappa shape index (κ2) is 1.47. The van der Waals surface area contributed by atoms with Crippen molar-refractivity contribution in [3.63, 3.8) is 0 Å². The topological polar surface area (TPSA) is 84.9 Å². The van der Waals surface area contributed by atoms with Crippen molar-refractivity contribution < 1.29 is 0 Å². The molecule has 0 aliphatic heterocycles. The zero-order valence-electron chi connectivity index (χ0n) is 5.37. The van der Waals surface area contributed by atoms with Gasteiger partial charge >= 0.3 is 0 Å². The summed E-state index contributed by atoms with van der Waals surface area (Å²) < 4.78 is 1.52.